The molecule has 0 spiro atoms. The molecule has 1 atom stereocenters. The molecule has 0 aliphatic rings. The first-order valence-corrected chi connectivity index (χ1v) is 6.17. The van der Waals surface area contributed by atoms with Crippen LogP contribution in [0.15, 0.2) is 34.8 Å². The zero-order valence-corrected chi connectivity index (χ0v) is 11.3. The van der Waals surface area contributed by atoms with Crippen LogP contribution in [-0.4, -0.2) is 6.54 Å². The van der Waals surface area contributed by atoms with Crippen molar-refractivity contribution in [3.63, 3.8) is 0 Å². The molecule has 0 heterocycles. The molecule has 0 radical (unpaired) electrons. The predicted molar refractivity (Wildman–Crippen MR) is 69.9 cm³/mol. The summed E-state index contributed by atoms with van der Waals surface area (Å²) in [5, 5.41) is 3.28. The number of hydrogen-bond donors (Lipinski definition) is 1. The highest BCUT2D eigenvalue weighted by atomic mass is 79.9. The molecule has 3 heteroatoms. The van der Waals surface area contributed by atoms with Gasteiger partial charge in [-0.3, -0.25) is 0 Å². The summed E-state index contributed by atoms with van der Waals surface area (Å²) in [5.74, 6) is -0.185. The minimum Gasteiger partial charge on any atom is -0.310 e. The van der Waals surface area contributed by atoms with Crippen molar-refractivity contribution < 1.29 is 4.39 Å². The lowest BCUT2D eigenvalue weighted by molar-refractivity contribution is 0.507. The number of rotatable bonds is 5. The second-order valence-corrected chi connectivity index (χ2v) is 4.77. The van der Waals surface area contributed by atoms with Crippen molar-refractivity contribution >= 4 is 15.9 Å². The summed E-state index contributed by atoms with van der Waals surface area (Å²) in [6.45, 7) is 8.66. The van der Waals surface area contributed by atoms with Crippen LogP contribution in [0.4, 0.5) is 4.39 Å². The Hall–Kier alpha value is -0.670. The van der Waals surface area contributed by atoms with Gasteiger partial charge in [-0.15, -0.1) is 6.58 Å². The van der Waals surface area contributed by atoms with E-state index < -0.39 is 0 Å². The van der Waals surface area contributed by atoms with Crippen LogP contribution in [0.25, 0.3) is 0 Å². The molecule has 1 nitrogen and oxygen atoms in total. The second kappa shape index (κ2) is 6.16. The maximum absolute atomic E-state index is 13.9. The van der Waals surface area contributed by atoms with Crippen LogP contribution in [0.5, 0.6) is 0 Å². The molecule has 0 amide bonds. The third-order valence-electron chi connectivity index (χ3n) is 2.36. The van der Waals surface area contributed by atoms with Crippen LogP contribution in [0.3, 0.4) is 0 Å². The standard InChI is InChI=1S/C13H17BrFN/c1-4-16-12(8-9(2)3)10-6-5-7-11(14)13(10)15/h5-7,12,16H,2,4,8H2,1,3H3. The minimum absolute atomic E-state index is 0. The Bertz CT molecular complexity index is 376. The van der Waals surface area contributed by atoms with E-state index in [0.717, 1.165) is 18.5 Å². The molecule has 0 bridgehead atoms. The van der Waals surface area contributed by atoms with Gasteiger partial charge in [0.05, 0.1) is 4.47 Å². The van der Waals surface area contributed by atoms with Crippen LogP contribution in [0.1, 0.15) is 31.9 Å². The molecule has 1 N–H and O–H groups in total. The molecular weight excluding hydrogens is 269 g/mol. The van der Waals surface area contributed by atoms with E-state index in [4.69, 9.17) is 0 Å². The molecule has 0 saturated heterocycles. The first kappa shape index (κ1) is 13.4. The van der Waals surface area contributed by atoms with Crippen LogP contribution >= 0.6 is 15.9 Å². The third-order valence-corrected chi connectivity index (χ3v) is 2.97. The van der Waals surface area contributed by atoms with Crippen LogP contribution in [-0.2, 0) is 0 Å². The molecule has 1 rings (SSSR count). The van der Waals surface area contributed by atoms with Gasteiger partial charge in [-0.1, -0.05) is 24.6 Å². The van der Waals surface area contributed by atoms with E-state index in [9.17, 15) is 4.39 Å². The molecule has 88 valence electrons. The fourth-order valence-electron chi connectivity index (χ4n) is 1.68. The van der Waals surface area contributed by atoms with Crippen LogP contribution < -0.4 is 5.32 Å². The molecular formula is C13H17BrFN. The monoisotopic (exact) mass is 285 g/mol. The largest absolute Gasteiger partial charge is 0.310 e. The van der Waals surface area contributed by atoms with Crippen molar-refractivity contribution in [3.8, 4) is 0 Å². The zero-order valence-electron chi connectivity index (χ0n) is 9.69. The lowest BCUT2D eigenvalue weighted by Gasteiger charge is -2.19. The summed E-state index contributed by atoms with van der Waals surface area (Å²) in [4.78, 5) is 0. The Morgan fingerprint density at radius 3 is 2.81 bits per heavy atom. The van der Waals surface area contributed by atoms with Gasteiger partial charge in [-0.2, -0.15) is 0 Å². The number of hydrogen-bond acceptors (Lipinski definition) is 1. The van der Waals surface area contributed by atoms with E-state index in [-0.39, 0.29) is 11.9 Å². The van der Waals surface area contributed by atoms with E-state index in [2.05, 4.69) is 27.8 Å². The Kier molecular flexibility index (Phi) is 5.16. The summed E-state index contributed by atoms with van der Waals surface area (Å²) in [5.41, 5.74) is 1.74. The molecule has 1 unspecified atom stereocenters. The minimum atomic E-state index is -0.185. The van der Waals surface area contributed by atoms with E-state index in [1.54, 1.807) is 6.07 Å². The fraction of sp³-hybridized carbons (Fsp3) is 0.385. The van der Waals surface area contributed by atoms with E-state index >= 15 is 0 Å². The van der Waals surface area contributed by atoms with Gasteiger partial charge < -0.3 is 5.32 Å². The van der Waals surface area contributed by atoms with Crippen molar-refractivity contribution in [2.24, 2.45) is 0 Å². The van der Waals surface area contributed by atoms with Gasteiger partial charge in [0, 0.05) is 11.6 Å². The molecule has 0 aliphatic heterocycles. The molecule has 0 aromatic heterocycles. The first-order valence-electron chi connectivity index (χ1n) is 5.38. The van der Waals surface area contributed by atoms with Crippen molar-refractivity contribution in [1.82, 2.24) is 5.32 Å². The molecule has 0 saturated carbocycles. The average Bonchev–Trinajstić information content (AvgIpc) is 2.21. The van der Waals surface area contributed by atoms with Crippen LogP contribution in [0, 0.1) is 5.82 Å². The first-order chi connectivity index (χ1) is 7.56. The third kappa shape index (κ3) is 3.42. The number of benzene rings is 1. The van der Waals surface area contributed by atoms with Crippen molar-refractivity contribution in [3.05, 3.63) is 46.2 Å². The second-order valence-electron chi connectivity index (χ2n) is 3.91. The Morgan fingerprint density at radius 2 is 2.25 bits per heavy atom. The summed E-state index contributed by atoms with van der Waals surface area (Å²) >= 11 is 3.21. The highest BCUT2D eigenvalue weighted by molar-refractivity contribution is 9.10. The van der Waals surface area contributed by atoms with E-state index in [1.807, 2.05) is 26.0 Å². The average molecular weight is 286 g/mol. The smallest absolute Gasteiger partial charge is 0.142 e. The lowest BCUT2D eigenvalue weighted by atomic mass is 10.00. The van der Waals surface area contributed by atoms with Gasteiger partial charge in [-0.25, -0.2) is 4.39 Å². The van der Waals surface area contributed by atoms with E-state index in [0.29, 0.717) is 10.0 Å². The normalized spacial score (nSPS) is 12.5. The van der Waals surface area contributed by atoms with Crippen molar-refractivity contribution in [1.29, 1.82) is 0 Å². The van der Waals surface area contributed by atoms with Gasteiger partial charge in [0.25, 0.3) is 0 Å². The van der Waals surface area contributed by atoms with Gasteiger partial charge >= 0.3 is 0 Å². The Morgan fingerprint density at radius 1 is 1.56 bits per heavy atom. The summed E-state index contributed by atoms with van der Waals surface area (Å²) in [6, 6.07) is 5.38. The Labute approximate surface area is 105 Å². The highest BCUT2D eigenvalue weighted by Crippen LogP contribution is 2.27. The van der Waals surface area contributed by atoms with Crippen molar-refractivity contribution in [2.45, 2.75) is 26.3 Å². The summed E-state index contributed by atoms with van der Waals surface area (Å²) in [6.07, 6.45) is 0.751. The van der Waals surface area contributed by atoms with E-state index in [1.165, 1.54) is 0 Å². The lowest BCUT2D eigenvalue weighted by Crippen LogP contribution is -2.22. The van der Waals surface area contributed by atoms with Gasteiger partial charge in [-0.05, 0) is 41.9 Å². The number of nitrogens with one attached hydrogen (secondary N) is 1. The van der Waals surface area contributed by atoms with Crippen molar-refractivity contribution in [2.75, 3.05) is 6.54 Å². The van der Waals surface area contributed by atoms with Gasteiger partial charge in [0.2, 0.25) is 0 Å². The SMILES string of the molecule is C=C(C)CC(NCC)c1cccc(Br)c1F. The molecule has 16 heavy (non-hydrogen) atoms. The highest BCUT2D eigenvalue weighted by Gasteiger charge is 2.16. The van der Waals surface area contributed by atoms with Gasteiger partial charge in [0.1, 0.15) is 5.82 Å². The topological polar surface area (TPSA) is 12.0 Å². The molecule has 0 aliphatic carbocycles. The zero-order chi connectivity index (χ0) is 12.1. The fourth-order valence-corrected chi connectivity index (χ4v) is 2.06. The maximum Gasteiger partial charge on any atom is 0.142 e. The number of halogens is 2. The maximum atomic E-state index is 13.9. The molecule has 0 fully saturated rings. The Balaban J connectivity index is 3.00. The van der Waals surface area contributed by atoms with Crippen LogP contribution in [0.2, 0.25) is 0 Å². The predicted octanol–water partition coefficient (Wildman–Crippen LogP) is 4.21. The molecule has 1 aromatic carbocycles. The summed E-state index contributed by atoms with van der Waals surface area (Å²) in [7, 11) is 0. The van der Waals surface area contributed by atoms with Gasteiger partial charge in [0.15, 0.2) is 0 Å². The summed E-state index contributed by atoms with van der Waals surface area (Å²) < 4.78 is 14.4. The molecule has 1 aromatic rings. The quantitative estimate of drug-likeness (QED) is 0.800.